The average Bonchev–Trinajstić information content (AvgIpc) is 3.09. The summed E-state index contributed by atoms with van der Waals surface area (Å²) in [5, 5.41) is 5.58. The zero-order valence-corrected chi connectivity index (χ0v) is 16.0. The molecule has 1 saturated heterocycles. The average molecular weight is 375 g/mol. The van der Waals surface area contributed by atoms with Gasteiger partial charge in [0.05, 0.1) is 24.8 Å². The SMILES string of the molecule is CC(C)CN1CCOC(CNC(=O)Cc2csc(-c3ncccn3)n2)C1. The zero-order chi connectivity index (χ0) is 18.4. The fourth-order valence-electron chi connectivity index (χ4n) is 2.94. The molecule has 1 fully saturated rings. The molecule has 8 heteroatoms. The lowest BCUT2D eigenvalue weighted by Gasteiger charge is -2.33. The molecule has 7 nitrogen and oxygen atoms in total. The second-order valence-electron chi connectivity index (χ2n) is 6.84. The fraction of sp³-hybridized carbons (Fsp3) is 0.556. The first-order chi connectivity index (χ1) is 12.6. The van der Waals surface area contributed by atoms with E-state index in [4.69, 9.17) is 4.74 Å². The summed E-state index contributed by atoms with van der Waals surface area (Å²) in [5.41, 5.74) is 0.737. The third-order valence-corrected chi connectivity index (χ3v) is 4.91. The molecule has 1 atom stereocenters. The quantitative estimate of drug-likeness (QED) is 0.792. The number of thiazole rings is 1. The molecule has 0 aromatic carbocycles. The molecule has 1 aliphatic heterocycles. The highest BCUT2D eigenvalue weighted by atomic mass is 32.1. The molecule has 2 aromatic rings. The van der Waals surface area contributed by atoms with E-state index in [9.17, 15) is 4.79 Å². The summed E-state index contributed by atoms with van der Waals surface area (Å²) in [6, 6.07) is 1.76. The largest absolute Gasteiger partial charge is 0.374 e. The van der Waals surface area contributed by atoms with Crippen LogP contribution in [0.1, 0.15) is 19.5 Å². The Labute approximate surface area is 157 Å². The van der Waals surface area contributed by atoms with Gasteiger partial charge in [-0.2, -0.15) is 0 Å². The van der Waals surface area contributed by atoms with E-state index in [2.05, 4.69) is 39.0 Å². The van der Waals surface area contributed by atoms with Crippen molar-refractivity contribution in [2.24, 2.45) is 5.92 Å². The van der Waals surface area contributed by atoms with Crippen LogP contribution >= 0.6 is 11.3 Å². The van der Waals surface area contributed by atoms with E-state index in [1.165, 1.54) is 11.3 Å². The summed E-state index contributed by atoms with van der Waals surface area (Å²) in [7, 11) is 0. The second-order valence-corrected chi connectivity index (χ2v) is 7.70. The van der Waals surface area contributed by atoms with Crippen LogP contribution in [0.2, 0.25) is 0 Å². The molecule has 3 rings (SSSR count). The Bertz CT molecular complexity index is 707. The third kappa shape index (κ3) is 5.55. The first-order valence-corrected chi connectivity index (χ1v) is 9.80. The molecular weight excluding hydrogens is 350 g/mol. The minimum absolute atomic E-state index is 0.0413. The van der Waals surface area contributed by atoms with Crippen molar-refractivity contribution < 1.29 is 9.53 Å². The van der Waals surface area contributed by atoms with Gasteiger partial charge in [-0.25, -0.2) is 15.0 Å². The van der Waals surface area contributed by atoms with Crippen molar-refractivity contribution in [3.05, 3.63) is 29.5 Å². The first kappa shape index (κ1) is 18.9. The number of rotatable bonds is 7. The number of hydrogen-bond acceptors (Lipinski definition) is 7. The van der Waals surface area contributed by atoms with E-state index in [-0.39, 0.29) is 18.4 Å². The number of hydrogen-bond donors (Lipinski definition) is 1. The van der Waals surface area contributed by atoms with Gasteiger partial charge in [-0.3, -0.25) is 9.69 Å². The van der Waals surface area contributed by atoms with Gasteiger partial charge in [0.1, 0.15) is 0 Å². The summed E-state index contributed by atoms with van der Waals surface area (Å²) in [4.78, 5) is 27.4. The molecule has 0 saturated carbocycles. The number of nitrogens with one attached hydrogen (secondary N) is 1. The number of amides is 1. The van der Waals surface area contributed by atoms with Gasteiger partial charge in [0.15, 0.2) is 10.8 Å². The molecule has 3 heterocycles. The summed E-state index contributed by atoms with van der Waals surface area (Å²) in [5.74, 6) is 1.18. The molecule has 1 amide bonds. The number of nitrogens with zero attached hydrogens (tertiary/aromatic N) is 4. The van der Waals surface area contributed by atoms with E-state index in [1.807, 2.05) is 5.38 Å². The van der Waals surface area contributed by atoms with Gasteiger partial charge in [-0.1, -0.05) is 13.8 Å². The number of aromatic nitrogens is 3. The minimum atomic E-state index is -0.0413. The van der Waals surface area contributed by atoms with Crippen LogP contribution in [0.3, 0.4) is 0 Å². The zero-order valence-electron chi connectivity index (χ0n) is 15.2. The predicted octanol–water partition coefficient (Wildman–Crippen LogP) is 1.62. The van der Waals surface area contributed by atoms with Gasteiger partial charge in [0.25, 0.3) is 0 Å². The van der Waals surface area contributed by atoms with Crippen LogP contribution < -0.4 is 5.32 Å². The minimum Gasteiger partial charge on any atom is -0.374 e. The van der Waals surface area contributed by atoms with Crippen molar-refractivity contribution >= 4 is 17.2 Å². The smallest absolute Gasteiger partial charge is 0.226 e. The van der Waals surface area contributed by atoms with E-state index in [0.29, 0.717) is 18.3 Å². The summed E-state index contributed by atoms with van der Waals surface area (Å²) in [6.07, 6.45) is 3.67. The van der Waals surface area contributed by atoms with Crippen LogP contribution in [-0.4, -0.2) is 64.6 Å². The monoisotopic (exact) mass is 375 g/mol. The Morgan fingerprint density at radius 3 is 3.00 bits per heavy atom. The molecule has 0 bridgehead atoms. The first-order valence-electron chi connectivity index (χ1n) is 8.92. The Hall–Kier alpha value is -1.90. The maximum Gasteiger partial charge on any atom is 0.226 e. The standard InChI is InChI=1S/C18H25N5O2S/c1-13(2)10-23-6-7-25-15(11-23)9-21-16(24)8-14-12-26-18(22-14)17-19-4-3-5-20-17/h3-5,12-13,15H,6-11H2,1-2H3,(H,21,24). The van der Waals surface area contributed by atoms with Gasteiger partial charge in [0, 0.05) is 44.0 Å². The number of carbonyl (C=O) groups excluding carboxylic acids is 1. The Morgan fingerprint density at radius 1 is 1.42 bits per heavy atom. The molecule has 1 N–H and O–H groups in total. The highest BCUT2D eigenvalue weighted by Crippen LogP contribution is 2.19. The van der Waals surface area contributed by atoms with Crippen molar-refractivity contribution in [3.8, 4) is 10.8 Å². The van der Waals surface area contributed by atoms with E-state index in [1.54, 1.807) is 18.5 Å². The molecule has 0 spiro atoms. The number of morpholine rings is 1. The Kier molecular flexibility index (Phi) is 6.65. The van der Waals surface area contributed by atoms with Crippen LogP contribution in [0.25, 0.3) is 10.8 Å². The van der Waals surface area contributed by atoms with E-state index >= 15 is 0 Å². The normalized spacial score (nSPS) is 18.2. The van der Waals surface area contributed by atoms with Crippen LogP contribution in [0.5, 0.6) is 0 Å². The maximum absolute atomic E-state index is 12.2. The van der Waals surface area contributed by atoms with Gasteiger partial charge in [-0.05, 0) is 12.0 Å². The summed E-state index contributed by atoms with van der Waals surface area (Å²) < 4.78 is 5.77. The van der Waals surface area contributed by atoms with Gasteiger partial charge < -0.3 is 10.1 Å². The topological polar surface area (TPSA) is 80.2 Å². The van der Waals surface area contributed by atoms with Gasteiger partial charge in [0.2, 0.25) is 5.91 Å². The highest BCUT2D eigenvalue weighted by Gasteiger charge is 2.21. The lowest BCUT2D eigenvalue weighted by atomic mass is 10.2. The predicted molar refractivity (Wildman–Crippen MR) is 101 cm³/mol. The van der Waals surface area contributed by atoms with Gasteiger partial charge in [-0.15, -0.1) is 11.3 Å². The Morgan fingerprint density at radius 2 is 2.23 bits per heavy atom. The summed E-state index contributed by atoms with van der Waals surface area (Å²) >= 11 is 1.45. The van der Waals surface area contributed by atoms with Gasteiger partial charge >= 0.3 is 0 Å². The summed E-state index contributed by atoms with van der Waals surface area (Å²) in [6.45, 7) is 8.59. The molecule has 2 aromatic heterocycles. The van der Waals surface area contributed by atoms with Crippen LogP contribution in [0.15, 0.2) is 23.8 Å². The Balaban J connectivity index is 1.45. The number of ether oxygens (including phenoxy) is 1. The number of carbonyl (C=O) groups is 1. The lowest BCUT2D eigenvalue weighted by molar-refractivity contribution is -0.121. The lowest BCUT2D eigenvalue weighted by Crippen LogP contribution is -2.48. The van der Waals surface area contributed by atoms with Crippen LogP contribution in [0.4, 0.5) is 0 Å². The molecule has 26 heavy (non-hydrogen) atoms. The van der Waals surface area contributed by atoms with Crippen molar-refractivity contribution in [2.75, 3.05) is 32.8 Å². The highest BCUT2D eigenvalue weighted by molar-refractivity contribution is 7.13. The van der Waals surface area contributed by atoms with E-state index < -0.39 is 0 Å². The van der Waals surface area contributed by atoms with Crippen LogP contribution in [-0.2, 0) is 16.0 Å². The van der Waals surface area contributed by atoms with Crippen molar-refractivity contribution in [1.82, 2.24) is 25.2 Å². The molecular formula is C18H25N5O2S. The molecule has 0 aliphatic carbocycles. The van der Waals surface area contributed by atoms with Crippen molar-refractivity contribution in [1.29, 1.82) is 0 Å². The van der Waals surface area contributed by atoms with E-state index in [0.717, 1.165) is 36.9 Å². The molecule has 140 valence electrons. The van der Waals surface area contributed by atoms with Crippen LogP contribution in [0, 0.1) is 5.92 Å². The maximum atomic E-state index is 12.2. The van der Waals surface area contributed by atoms with Crippen molar-refractivity contribution in [2.45, 2.75) is 26.4 Å². The van der Waals surface area contributed by atoms with Crippen molar-refractivity contribution in [3.63, 3.8) is 0 Å². The molecule has 1 unspecified atom stereocenters. The molecule has 0 radical (unpaired) electrons. The third-order valence-electron chi connectivity index (χ3n) is 4.02. The second kappa shape index (κ2) is 9.16. The fourth-order valence-corrected chi connectivity index (χ4v) is 3.71. The molecule has 1 aliphatic rings.